The highest BCUT2D eigenvalue weighted by atomic mass is 32.2. The van der Waals surface area contributed by atoms with Crippen LogP contribution in [0.4, 0.5) is 0 Å². The molecule has 0 unspecified atom stereocenters. The van der Waals surface area contributed by atoms with Crippen molar-refractivity contribution in [1.29, 1.82) is 0 Å². The maximum absolute atomic E-state index is 11.3. The van der Waals surface area contributed by atoms with Crippen LogP contribution >= 0.6 is 11.8 Å². The molecule has 18 heavy (non-hydrogen) atoms. The molecule has 0 saturated heterocycles. The van der Waals surface area contributed by atoms with Crippen LogP contribution in [0.2, 0.25) is 0 Å². The molecule has 1 N–H and O–H groups in total. The summed E-state index contributed by atoms with van der Waals surface area (Å²) in [6.45, 7) is 0. The van der Waals surface area contributed by atoms with E-state index < -0.39 is 5.97 Å². The number of carboxylic acids is 1. The summed E-state index contributed by atoms with van der Waals surface area (Å²) in [4.78, 5) is 12.3. The van der Waals surface area contributed by atoms with Gasteiger partial charge in [-0.25, -0.2) is 4.79 Å². The molecule has 2 rings (SSSR count). The highest BCUT2D eigenvalue weighted by molar-refractivity contribution is 7.98. The predicted molar refractivity (Wildman–Crippen MR) is 74.4 cm³/mol. The van der Waals surface area contributed by atoms with Gasteiger partial charge < -0.3 is 5.11 Å². The highest BCUT2D eigenvalue weighted by Crippen LogP contribution is 2.26. The Morgan fingerprint density at radius 1 is 1.11 bits per heavy atom. The monoisotopic (exact) mass is 258 g/mol. The van der Waals surface area contributed by atoms with Crippen LogP contribution in [0.15, 0.2) is 53.4 Å². The third kappa shape index (κ3) is 2.74. The first kappa shape index (κ1) is 12.7. The summed E-state index contributed by atoms with van der Waals surface area (Å²) in [7, 11) is 0. The van der Waals surface area contributed by atoms with E-state index in [-0.39, 0.29) is 0 Å². The van der Waals surface area contributed by atoms with Crippen molar-refractivity contribution in [1.82, 2.24) is 0 Å². The molecule has 0 heterocycles. The van der Waals surface area contributed by atoms with Crippen molar-refractivity contribution in [2.24, 2.45) is 0 Å². The number of benzene rings is 2. The molecule has 2 aromatic rings. The molecule has 0 saturated carbocycles. The first-order valence-electron chi connectivity index (χ1n) is 5.65. The highest BCUT2D eigenvalue weighted by Gasteiger charge is 2.13. The summed E-state index contributed by atoms with van der Waals surface area (Å²) < 4.78 is 0. The number of rotatable bonds is 4. The van der Waals surface area contributed by atoms with Gasteiger partial charge in [-0.3, -0.25) is 0 Å². The van der Waals surface area contributed by atoms with Crippen LogP contribution < -0.4 is 0 Å². The van der Waals surface area contributed by atoms with Gasteiger partial charge in [-0.2, -0.15) is 0 Å². The molecule has 0 aromatic heterocycles. The molecular formula is C15H14O2S. The van der Waals surface area contributed by atoms with Crippen molar-refractivity contribution in [2.45, 2.75) is 11.3 Å². The predicted octanol–water partition coefficient (Wildman–Crippen LogP) is 3.70. The first-order valence-corrected chi connectivity index (χ1v) is 6.88. The summed E-state index contributed by atoms with van der Waals surface area (Å²) in [5, 5.41) is 9.25. The molecule has 0 bridgehead atoms. The Balaban J connectivity index is 2.44. The van der Waals surface area contributed by atoms with E-state index in [4.69, 9.17) is 0 Å². The number of thioether (sulfide) groups is 1. The van der Waals surface area contributed by atoms with Gasteiger partial charge in [0.1, 0.15) is 0 Å². The standard InChI is InChI=1S/C15H14O2S/c1-18-14-9-5-8-12(15(16)17)13(14)10-11-6-3-2-4-7-11/h2-9H,10H2,1H3,(H,16,17). The van der Waals surface area contributed by atoms with E-state index in [0.717, 1.165) is 16.0 Å². The van der Waals surface area contributed by atoms with Crippen LogP contribution in [0, 0.1) is 0 Å². The fourth-order valence-corrected chi connectivity index (χ4v) is 2.58. The van der Waals surface area contributed by atoms with E-state index in [1.54, 1.807) is 23.9 Å². The average Bonchev–Trinajstić information content (AvgIpc) is 2.40. The van der Waals surface area contributed by atoms with Gasteiger partial charge in [0.05, 0.1) is 5.56 Å². The Labute approximate surface area is 111 Å². The molecule has 0 aliphatic heterocycles. The van der Waals surface area contributed by atoms with Crippen LogP contribution in [0.1, 0.15) is 21.5 Å². The number of aromatic carboxylic acids is 1. The minimum atomic E-state index is -0.864. The second-order valence-electron chi connectivity index (χ2n) is 3.95. The van der Waals surface area contributed by atoms with Crippen LogP contribution in [-0.2, 0) is 6.42 Å². The zero-order chi connectivity index (χ0) is 13.0. The largest absolute Gasteiger partial charge is 0.478 e. The van der Waals surface area contributed by atoms with E-state index in [9.17, 15) is 9.90 Å². The maximum Gasteiger partial charge on any atom is 0.336 e. The van der Waals surface area contributed by atoms with Crippen molar-refractivity contribution in [3.63, 3.8) is 0 Å². The lowest BCUT2D eigenvalue weighted by molar-refractivity contribution is 0.0695. The van der Waals surface area contributed by atoms with Crippen LogP contribution in [0.25, 0.3) is 0 Å². The molecule has 0 aliphatic rings. The van der Waals surface area contributed by atoms with E-state index in [1.807, 2.05) is 42.7 Å². The van der Waals surface area contributed by atoms with Gasteiger partial charge >= 0.3 is 5.97 Å². The second kappa shape index (κ2) is 5.74. The molecule has 0 radical (unpaired) electrons. The number of hydrogen-bond donors (Lipinski definition) is 1. The molecule has 3 heteroatoms. The van der Waals surface area contributed by atoms with E-state index in [1.165, 1.54) is 0 Å². The molecular weight excluding hydrogens is 244 g/mol. The SMILES string of the molecule is CSc1cccc(C(=O)O)c1Cc1ccccc1. The topological polar surface area (TPSA) is 37.3 Å². The Hall–Kier alpha value is -1.74. The lowest BCUT2D eigenvalue weighted by atomic mass is 10.00. The smallest absolute Gasteiger partial charge is 0.336 e. The molecule has 2 nitrogen and oxygen atoms in total. The Morgan fingerprint density at radius 2 is 1.83 bits per heavy atom. The van der Waals surface area contributed by atoms with Crippen molar-refractivity contribution in [2.75, 3.05) is 6.26 Å². The van der Waals surface area contributed by atoms with Crippen LogP contribution in [0.3, 0.4) is 0 Å². The lowest BCUT2D eigenvalue weighted by Gasteiger charge is -2.11. The fourth-order valence-electron chi connectivity index (χ4n) is 1.94. The number of carboxylic acid groups (broad SMARTS) is 1. The Bertz CT molecular complexity index is 550. The number of carbonyl (C=O) groups is 1. The quantitative estimate of drug-likeness (QED) is 0.850. The van der Waals surface area contributed by atoms with Gasteiger partial charge in [-0.05, 0) is 35.9 Å². The van der Waals surface area contributed by atoms with Gasteiger partial charge in [0, 0.05) is 4.90 Å². The molecule has 92 valence electrons. The molecule has 0 aliphatic carbocycles. The van der Waals surface area contributed by atoms with Crippen LogP contribution in [0.5, 0.6) is 0 Å². The van der Waals surface area contributed by atoms with Crippen molar-refractivity contribution < 1.29 is 9.90 Å². The van der Waals surface area contributed by atoms with Crippen LogP contribution in [-0.4, -0.2) is 17.3 Å². The Kier molecular flexibility index (Phi) is 4.05. The fraction of sp³-hybridized carbons (Fsp3) is 0.133. The van der Waals surface area contributed by atoms with Crippen molar-refractivity contribution >= 4 is 17.7 Å². The van der Waals surface area contributed by atoms with Gasteiger partial charge in [0.15, 0.2) is 0 Å². The first-order chi connectivity index (χ1) is 8.72. The molecule has 0 amide bonds. The summed E-state index contributed by atoms with van der Waals surface area (Å²) >= 11 is 1.58. The third-order valence-corrected chi connectivity index (χ3v) is 3.63. The van der Waals surface area contributed by atoms with Gasteiger partial charge in [0.25, 0.3) is 0 Å². The third-order valence-electron chi connectivity index (χ3n) is 2.81. The Morgan fingerprint density at radius 3 is 2.44 bits per heavy atom. The van der Waals surface area contributed by atoms with Gasteiger partial charge in [0.2, 0.25) is 0 Å². The zero-order valence-electron chi connectivity index (χ0n) is 10.1. The normalized spacial score (nSPS) is 10.3. The van der Waals surface area contributed by atoms with E-state index in [0.29, 0.717) is 12.0 Å². The van der Waals surface area contributed by atoms with E-state index >= 15 is 0 Å². The number of hydrogen-bond acceptors (Lipinski definition) is 2. The molecule has 0 fully saturated rings. The second-order valence-corrected chi connectivity index (χ2v) is 4.80. The molecule has 2 aromatic carbocycles. The average molecular weight is 258 g/mol. The van der Waals surface area contributed by atoms with Crippen molar-refractivity contribution in [3.8, 4) is 0 Å². The summed E-state index contributed by atoms with van der Waals surface area (Å²) in [5.41, 5.74) is 2.41. The van der Waals surface area contributed by atoms with Gasteiger partial charge in [-0.1, -0.05) is 36.4 Å². The lowest BCUT2D eigenvalue weighted by Crippen LogP contribution is -2.04. The van der Waals surface area contributed by atoms with Crippen molar-refractivity contribution in [3.05, 3.63) is 65.2 Å². The summed E-state index contributed by atoms with van der Waals surface area (Å²) in [6, 6.07) is 15.4. The minimum absolute atomic E-state index is 0.394. The molecule has 0 atom stereocenters. The summed E-state index contributed by atoms with van der Waals surface area (Å²) in [6.07, 6.45) is 2.62. The minimum Gasteiger partial charge on any atom is -0.478 e. The summed E-state index contributed by atoms with van der Waals surface area (Å²) in [5.74, 6) is -0.864. The maximum atomic E-state index is 11.3. The van der Waals surface area contributed by atoms with Gasteiger partial charge in [-0.15, -0.1) is 11.8 Å². The van der Waals surface area contributed by atoms with E-state index in [2.05, 4.69) is 0 Å². The molecule has 0 spiro atoms. The zero-order valence-corrected chi connectivity index (χ0v) is 10.9.